The number of phenols is 1. The van der Waals surface area contributed by atoms with Crippen LogP contribution in [0.5, 0.6) is 5.75 Å². The lowest BCUT2D eigenvalue weighted by Gasteiger charge is -2.08. The van der Waals surface area contributed by atoms with Crippen LogP contribution in [-0.2, 0) is 0 Å². The largest absolute Gasteiger partial charge is 0.507 e. The summed E-state index contributed by atoms with van der Waals surface area (Å²) in [5.41, 5.74) is 0.718. The number of anilines is 1. The second kappa shape index (κ2) is 5.98. The highest BCUT2D eigenvalue weighted by Crippen LogP contribution is 2.26. The van der Waals surface area contributed by atoms with Crippen LogP contribution in [0.25, 0.3) is 0 Å². The molecular formula is C13H8Cl2INO2. The minimum absolute atomic E-state index is 0.0713. The number of carbonyl (C=O) groups is 1. The van der Waals surface area contributed by atoms with Gasteiger partial charge in [-0.2, -0.15) is 0 Å². The minimum atomic E-state index is -0.408. The topological polar surface area (TPSA) is 49.3 Å². The molecular weight excluding hydrogens is 400 g/mol. The van der Waals surface area contributed by atoms with Gasteiger partial charge in [-0.3, -0.25) is 4.79 Å². The molecule has 0 spiro atoms. The predicted molar refractivity (Wildman–Crippen MR) is 85.2 cm³/mol. The van der Waals surface area contributed by atoms with Crippen LogP contribution >= 0.6 is 45.8 Å². The summed E-state index contributed by atoms with van der Waals surface area (Å²) in [6, 6.07) is 9.57. The molecule has 0 bridgehead atoms. The van der Waals surface area contributed by atoms with E-state index in [4.69, 9.17) is 23.2 Å². The molecule has 2 aromatic carbocycles. The predicted octanol–water partition coefficient (Wildman–Crippen LogP) is 4.56. The minimum Gasteiger partial charge on any atom is -0.507 e. The molecule has 0 radical (unpaired) electrons. The molecule has 0 heterocycles. The van der Waals surface area contributed by atoms with Crippen molar-refractivity contribution in [3.05, 3.63) is 55.6 Å². The number of halogens is 3. The molecule has 0 unspecified atom stereocenters. The number of hydrogen-bond donors (Lipinski definition) is 2. The third-order valence-electron chi connectivity index (χ3n) is 2.38. The Bertz CT molecular complexity index is 647. The first-order valence-electron chi connectivity index (χ1n) is 5.22. The maximum Gasteiger partial charge on any atom is 0.259 e. The van der Waals surface area contributed by atoms with Gasteiger partial charge in [0.15, 0.2) is 0 Å². The number of phenolic OH excluding ortho intramolecular Hbond substituents is 1. The van der Waals surface area contributed by atoms with E-state index in [0.717, 1.165) is 3.57 Å². The van der Waals surface area contributed by atoms with Crippen LogP contribution in [0.1, 0.15) is 10.4 Å². The molecule has 2 rings (SSSR count). The molecule has 0 aromatic heterocycles. The summed E-state index contributed by atoms with van der Waals surface area (Å²) in [6.45, 7) is 0. The van der Waals surface area contributed by atoms with E-state index in [2.05, 4.69) is 27.9 Å². The van der Waals surface area contributed by atoms with Crippen molar-refractivity contribution in [2.24, 2.45) is 0 Å². The fraction of sp³-hybridized carbons (Fsp3) is 0. The summed E-state index contributed by atoms with van der Waals surface area (Å²) in [5.74, 6) is -0.479. The molecule has 98 valence electrons. The number of carbonyl (C=O) groups excluding carboxylic acids is 1. The van der Waals surface area contributed by atoms with Crippen molar-refractivity contribution in [2.45, 2.75) is 0 Å². The average Bonchev–Trinajstić information content (AvgIpc) is 2.36. The first-order valence-corrected chi connectivity index (χ1v) is 7.06. The number of aromatic hydroxyl groups is 1. The molecule has 3 nitrogen and oxygen atoms in total. The van der Waals surface area contributed by atoms with Gasteiger partial charge in [0.25, 0.3) is 5.91 Å². The number of rotatable bonds is 2. The second-order valence-corrected chi connectivity index (χ2v) is 5.80. The van der Waals surface area contributed by atoms with Crippen LogP contribution in [0.4, 0.5) is 5.69 Å². The smallest absolute Gasteiger partial charge is 0.259 e. The summed E-state index contributed by atoms with van der Waals surface area (Å²) >= 11 is 13.7. The first-order chi connectivity index (χ1) is 8.97. The number of benzene rings is 2. The maximum absolute atomic E-state index is 12.0. The third-order valence-corrected chi connectivity index (χ3v) is 3.79. The first kappa shape index (κ1) is 14.4. The molecule has 0 aliphatic carbocycles. The van der Waals surface area contributed by atoms with E-state index in [1.165, 1.54) is 6.07 Å². The van der Waals surface area contributed by atoms with Gasteiger partial charge in [0.2, 0.25) is 0 Å². The summed E-state index contributed by atoms with van der Waals surface area (Å²) in [6.07, 6.45) is 0. The van der Waals surface area contributed by atoms with E-state index in [9.17, 15) is 9.90 Å². The highest BCUT2D eigenvalue weighted by molar-refractivity contribution is 14.1. The number of amides is 1. The lowest BCUT2D eigenvalue weighted by Crippen LogP contribution is -2.12. The van der Waals surface area contributed by atoms with Gasteiger partial charge < -0.3 is 10.4 Å². The van der Waals surface area contributed by atoms with Crippen molar-refractivity contribution in [3.63, 3.8) is 0 Å². The van der Waals surface area contributed by atoms with Crippen LogP contribution in [0, 0.1) is 3.57 Å². The zero-order valence-electron chi connectivity index (χ0n) is 9.45. The van der Waals surface area contributed by atoms with Crippen molar-refractivity contribution in [3.8, 4) is 5.75 Å². The summed E-state index contributed by atoms with van der Waals surface area (Å²) < 4.78 is 0.856. The van der Waals surface area contributed by atoms with Crippen LogP contribution in [0.2, 0.25) is 10.0 Å². The quantitative estimate of drug-likeness (QED) is 0.717. The monoisotopic (exact) mass is 407 g/mol. The van der Waals surface area contributed by atoms with Gasteiger partial charge in [-0.15, -0.1) is 0 Å². The van der Waals surface area contributed by atoms with Gasteiger partial charge in [-0.25, -0.2) is 0 Å². The van der Waals surface area contributed by atoms with Gasteiger partial charge in [0, 0.05) is 9.26 Å². The summed E-state index contributed by atoms with van der Waals surface area (Å²) in [4.78, 5) is 12.0. The molecule has 0 aliphatic rings. The standard InChI is InChI=1S/C13H8Cl2INO2/c14-10-3-2-8(6-11(10)15)17-13(19)9-5-7(16)1-4-12(9)18/h1-6,18H,(H,17,19). The molecule has 19 heavy (non-hydrogen) atoms. The van der Waals surface area contributed by atoms with Crippen molar-refractivity contribution in [2.75, 3.05) is 5.32 Å². The Balaban J connectivity index is 2.25. The van der Waals surface area contributed by atoms with Gasteiger partial charge >= 0.3 is 0 Å². The van der Waals surface area contributed by atoms with Gasteiger partial charge in [-0.1, -0.05) is 23.2 Å². The zero-order valence-corrected chi connectivity index (χ0v) is 13.1. The molecule has 6 heteroatoms. The fourth-order valence-corrected chi connectivity index (χ4v) is 2.25. The Labute approximate surface area is 133 Å². The van der Waals surface area contributed by atoms with Crippen LogP contribution in [0.15, 0.2) is 36.4 Å². The van der Waals surface area contributed by atoms with E-state index < -0.39 is 5.91 Å². The second-order valence-electron chi connectivity index (χ2n) is 3.74. The Hall–Kier alpha value is -0.980. The molecule has 2 N–H and O–H groups in total. The molecule has 0 saturated carbocycles. The zero-order chi connectivity index (χ0) is 14.0. The Kier molecular flexibility index (Phi) is 4.54. The fourth-order valence-electron chi connectivity index (χ4n) is 1.46. The van der Waals surface area contributed by atoms with E-state index in [1.807, 2.05) is 0 Å². The van der Waals surface area contributed by atoms with Crippen molar-refractivity contribution in [1.82, 2.24) is 0 Å². The lowest BCUT2D eigenvalue weighted by molar-refractivity contribution is 0.102. The Morgan fingerprint density at radius 2 is 1.84 bits per heavy atom. The van der Waals surface area contributed by atoms with E-state index in [1.54, 1.807) is 30.3 Å². The maximum atomic E-state index is 12.0. The molecule has 2 aromatic rings. The number of hydrogen-bond acceptors (Lipinski definition) is 2. The average molecular weight is 408 g/mol. The molecule has 0 aliphatic heterocycles. The van der Waals surface area contributed by atoms with E-state index in [0.29, 0.717) is 15.7 Å². The third kappa shape index (κ3) is 3.52. The van der Waals surface area contributed by atoms with Crippen molar-refractivity contribution >= 4 is 57.4 Å². The molecule has 1 amide bonds. The normalized spacial score (nSPS) is 10.3. The van der Waals surface area contributed by atoms with Crippen LogP contribution < -0.4 is 5.32 Å². The SMILES string of the molecule is O=C(Nc1ccc(Cl)c(Cl)c1)c1cc(I)ccc1O. The molecule has 0 atom stereocenters. The lowest BCUT2D eigenvalue weighted by atomic mass is 10.2. The Morgan fingerprint density at radius 3 is 2.53 bits per heavy atom. The van der Waals surface area contributed by atoms with Crippen molar-refractivity contribution in [1.29, 1.82) is 0 Å². The van der Waals surface area contributed by atoms with E-state index in [-0.39, 0.29) is 11.3 Å². The van der Waals surface area contributed by atoms with Crippen LogP contribution in [0.3, 0.4) is 0 Å². The number of nitrogens with one attached hydrogen (secondary N) is 1. The Morgan fingerprint density at radius 1 is 1.11 bits per heavy atom. The highest BCUT2D eigenvalue weighted by atomic mass is 127. The van der Waals surface area contributed by atoms with Crippen LogP contribution in [-0.4, -0.2) is 11.0 Å². The van der Waals surface area contributed by atoms with Gasteiger partial charge in [0.1, 0.15) is 5.75 Å². The van der Waals surface area contributed by atoms with Gasteiger partial charge in [-0.05, 0) is 59.0 Å². The highest BCUT2D eigenvalue weighted by Gasteiger charge is 2.12. The van der Waals surface area contributed by atoms with Crippen molar-refractivity contribution < 1.29 is 9.90 Å². The molecule has 0 fully saturated rings. The van der Waals surface area contributed by atoms with Gasteiger partial charge in [0.05, 0.1) is 15.6 Å². The summed E-state index contributed by atoms with van der Waals surface area (Å²) in [5, 5.41) is 13.1. The molecule has 0 saturated heterocycles. The van der Waals surface area contributed by atoms with E-state index >= 15 is 0 Å². The summed E-state index contributed by atoms with van der Waals surface area (Å²) in [7, 11) is 0.